The second kappa shape index (κ2) is 3.41. The number of rotatable bonds is 1. The molecule has 0 saturated heterocycles. The predicted molar refractivity (Wildman–Crippen MR) is 57.8 cm³/mol. The molecule has 2 N–H and O–H groups in total. The molecule has 0 bridgehead atoms. The van der Waals surface area contributed by atoms with Crippen molar-refractivity contribution in [3.63, 3.8) is 0 Å². The lowest BCUT2D eigenvalue weighted by atomic mass is 10.3. The number of nitrogens with zero attached hydrogens (tertiary/aromatic N) is 4. The summed E-state index contributed by atoms with van der Waals surface area (Å²) in [6.45, 7) is 1.24. The maximum absolute atomic E-state index is 13.1. The molecule has 3 rings (SSSR count). The fourth-order valence-electron chi connectivity index (χ4n) is 1.89. The van der Waals surface area contributed by atoms with E-state index < -0.39 is 11.6 Å². The van der Waals surface area contributed by atoms with E-state index >= 15 is 0 Å². The second-order valence-electron chi connectivity index (χ2n) is 3.74. The van der Waals surface area contributed by atoms with Gasteiger partial charge in [0.25, 0.3) is 0 Å². The third kappa shape index (κ3) is 1.50. The molecule has 0 fully saturated rings. The average molecular weight is 237 g/mol. The van der Waals surface area contributed by atoms with E-state index in [1.807, 2.05) is 0 Å². The lowest BCUT2D eigenvalue weighted by Gasteiger charge is -2.15. The first kappa shape index (κ1) is 10.0. The molecule has 1 aliphatic rings. The van der Waals surface area contributed by atoms with E-state index in [9.17, 15) is 8.78 Å². The molecule has 0 spiro atoms. The highest BCUT2D eigenvalue weighted by Gasteiger charge is 2.24. The molecular formula is C10H9F2N5. The maximum atomic E-state index is 13.1. The number of anilines is 3. The molecule has 7 heteroatoms. The highest BCUT2D eigenvalue weighted by molar-refractivity contribution is 5.59. The summed E-state index contributed by atoms with van der Waals surface area (Å²) in [6.07, 6.45) is 0. The molecule has 17 heavy (non-hydrogen) atoms. The summed E-state index contributed by atoms with van der Waals surface area (Å²) in [5.74, 6) is -1.02. The number of hydrogen-bond donors (Lipinski definition) is 1. The molecule has 88 valence electrons. The van der Waals surface area contributed by atoms with Crippen molar-refractivity contribution in [2.45, 2.75) is 6.54 Å². The van der Waals surface area contributed by atoms with Crippen LogP contribution in [0.5, 0.6) is 0 Å². The van der Waals surface area contributed by atoms with E-state index in [2.05, 4.69) is 10.1 Å². The van der Waals surface area contributed by atoms with Crippen LogP contribution in [0.2, 0.25) is 0 Å². The highest BCUT2D eigenvalue weighted by Crippen LogP contribution is 2.29. The van der Waals surface area contributed by atoms with Crippen molar-refractivity contribution in [1.29, 1.82) is 0 Å². The molecular weight excluding hydrogens is 228 g/mol. The van der Waals surface area contributed by atoms with Crippen LogP contribution in [-0.4, -0.2) is 21.3 Å². The minimum atomic E-state index is -0.881. The molecule has 0 aliphatic carbocycles. The Morgan fingerprint density at radius 1 is 1.18 bits per heavy atom. The van der Waals surface area contributed by atoms with E-state index in [-0.39, 0.29) is 5.95 Å². The van der Waals surface area contributed by atoms with E-state index in [0.29, 0.717) is 24.7 Å². The van der Waals surface area contributed by atoms with Gasteiger partial charge in [0.1, 0.15) is 0 Å². The second-order valence-corrected chi connectivity index (χ2v) is 3.74. The van der Waals surface area contributed by atoms with Crippen molar-refractivity contribution in [2.75, 3.05) is 17.2 Å². The number of halogens is 2. The number of nitrogens with two attached hydrogens (primary N) is 1. The lowest BCUT2D eigenvalue weighted by Crippen LogP contribution is -2.14. The lowest BCUT2D eigenvalue weighted by molar-refractivity contribution is 0.508. The maximum Gasteiger partial charge on any atom is 0.241 e. The van der Waals surface area contributed by atoms with Gasteiger partial charge in [0.05, 0.1) is 6.54 Å². The number of hydrogen-bond acceptors (Lipinski definition) is 4. The Morgan fingerprint density at radius 3 is 2.76 bits per heavy atom. The SMILES string of the molecule is Nc1nc2n(n1)CCN2c1ccc(F)c(F)c1. The summed E-state index contributed by atoms with van der Waals surface area (Å²) in [7, 11) is 0. The molecule has 2 aromatic rings. The fraction of sp³-hybridized carbons (Fsp3) is 0.200. The summed E-state index contributed by atoms with van der Waals surface area (Å²) >= 11 is 0. The Bertz CT molecular complexity index is 580. The molecule has 0 saturated carbocycles. The first-order valence-electron chi connectivity index (χ1n) is 5.08. The smallest absolute Gasteiger partial charge is 0.241 e. The van der Waals surface area contributed by atoms with Gasteiger partial charge in [-0.2, -0.15) is 4.98 Å². The van der Waals surface area contributed by atoms with Crippen LogP contribution in [0.4, 0.5) is 26.4 Å². The molecule has 1 aromatic carbocycles. The topological polar surface area (TPSA) is 60.0 Å². The summed E-state index contributed by atoms with van der Waals surface area (Å²) < 4.78 is 27.6. The van der Waals surface area contributed by atoms with Gasteiger partial charge in [-0.3, -0.25) is 0 Å². The first-order valence-corrected chi connectivity index (χ1v) is 5.08. The van der Waals surface area contributed by atoms with Crippen molar-refractivity contribution < 1.29 is 8.78 Å². The van der Waals surface area contributed by atoms with Gasteiger partial charge in [0, 0.05) is 18.3 Å². The first-order chi connectivity index (χ1) is 8.15. The zero-order valence-corrected chi connectivity index (χ0v) is 8.77. The van der Waals surface area contributed by atoms with E-state index in [1.165, 1.54) is 6.07 Å². The van der Waals surface area contributed by atoms with Gasteiger partial charge >= 0.3 is 0 Å². The number of fused-ring (bicyclic) bond motifs is 1. The van der Waals surface area contributed by atoms with Crippen LogP contribution in [0, 0.1) is 11.6 Å². The largest absolute Gasteiger partial charge is 0.366 e. The quantitative estimate of drug-likeness (QED) is 0.811. The summed E-state index contributed by atoms with van der Waals surface area (Å²) in [6, 6.07) is 3.72. The van der Waals surface area contributed by atoms with Crippen LogP contribution in [0.1, 0.15) is 0 Å². The van der Waals surface area contributed by atoms with Crippen molar-refractivity contribution in [3.8, 4) is 0 Å². The minimum Gasteiger partial charge on any atom is -0.366 e. The Balaban J connectivity index is 2.03. The average Bonchev–Trinajstić information content (AvgIpc) is 2.81. The third-order valence-electron chi connectivity index (χ3n) is 2.66. The van der Waals surface area contributed by atoms with Crippen molar-refractivity contribution >= 4 is 17.6 Å². The van der Waals surface area contributed by atoms with Crippen LogP contribution in [0.3, 0.4) is 0 Å². The summed E-state index contributed by atoms with van der Waals surface area (Å²) in [5, 5.41) is 3.98. The molecule has 2 heterocycles. The van der Waals surface area contributed by atoms with Crippen molar-refractivity contribution in [3.05, 3.63) is 29.8 Å². The number of aromatic nitrogens is 3. The molecule has 0 atom stereocenters. The van der Waals surface area contributed by atoms with Gasteiger partial charge in [-0.05, 0) is 12.1 Å². The zero-order valence-electron chi connectivity index (χ0n) is 8.77. The molecule has 1 aliphatic heterocycles. The van der Waals surface area contributed by atoms with Gasteiger partial charge in [0.15, 0.2) is 11.6 Å². The third-order valence-corrected chi connectivity index (χ3v) is 2.66. The summed E-state index contributed by atoms with van der Waals surface area (Å²) in [4.78, 5) is 5.78. The molecule has 5 nitrogen and oxygen atoms in total. The Labute approximate surface area is 95.5 Å². The van der Waals surface area contributed by atoms with Crippen LogP contribution < -0.4 is 10.6 Å². The van der Waals surface area contributed by atoms with Gasteiger partial charge in [-0.1, -0.05) is 0 Å². The van der Waals surface area contributed by atoms with E-state index in [4.69, 9.17) is 5.73 Å². The van der Waals surface area contributed by atoms with Crippen LogP contribution in [-0.2, 0) is 6.54 Å². The zero-order chi connectivity index (χ0) is 12.0. The standard InChI is InChI=1S/C10H9F2N5/c11-7-2-1-6(5-8(7)12)16-3-4-17-10(16)14-9(13)15-17/h1-2,5H,3-4H2,(H2,13,15). The van der Waals surface area contributed by atoms with Crippen molar-refractivity contribution in [2.24, 2.45) is 0 Å². The van der Waals surface area contributed by atoms with Crippen molar-refractivity contribution in [1.82, 2.24) is 14.8 Å². The highest BCUT2D eigenvalue weighted by atomic mass is 19.2. The Morgan fingerprint density at radius 2 is 2.00 bits per heavy atom. The monoisotopic (exact) mass is 237 g/mol. The van der Waals surface area contributed by atoms with E-state index in [0.717, 1.165) is 12.1 Å². The van der Waals surface area contributed by atoms with Crippen LogP contribution in [0.15, 0.2) is 18.2 Å². The van der Waals surface area contributed by atoms with Gasteiger partial charge in [-0.15, -0.1) is 5.10 Å². The molecule has 0 amide bonds. The van der Waals surface area contributed by atoms with Gasteiger partial charge < -0.3 is 10.6 Å². The summed E-state index contributed by atoms with van der Waals surface area (Å²) in [5.41, 5.74) is 6.02. The number of nitrogen functional groups attached to an aromatic ring is 1. The van der Waals surface area contributed by atoms with Gasteiger partial charge in [-0.25, -0.2) is 13.5 Å². The molecule has 1 aromatic heterocycles. The normalized spacial score (nSPS) is 14.1. The Kier molecular flexibility index (Phi) is 2.01. The minimum absolute atomic E-state index is 0.173. The van der Waals surface area contributed by atoms with Crippen LogP contribution >= 0.6 is 0 Å². The van der Waals surface area contributed by atoms with E-state index in [1.54, 1.807) is 9.58 Å². The number of benzene rings is 1. The molecule has 0 unspecified atom stereocenters. The predicted octanol–water partition coefficient (Wildman–Crippen LogP) is 1.29. The fourth-order valence-corrected chi connectivity index (χ4v) is 1.89. The van der Waals surface area contributed by atoms with Gasteiger partial charge in [0.2, 0.25) is 11.9 Å². The molecule has 0 radical (unpaired) electrons. The Hall–Kier alpha value is -2.18. The van der Waals surface area contributed by atoms with Crippen LogP contribution in [0.25, 0.3) is 0 Å².